The molecule has 0 bridgehead atoms. The fourth-order valence-corrected chi connectivity index (χ4v) is 0.891. The average molecular weight is 222 g/mol. The normalized spacial score (nSPS) is 8.19. The Hall–Kier alpha value is -1.11. The van der Waals surface area contributed by atoms with Crippen LogP contribution in [-0.2, 0) is 4.79 Å². The van der Waals surface area contributed by atoms with Crippen LogP contribution >= 0.6 is 0 Å². The maximum Gasteiger partial charge on any atom is 0.129 e. The zero-order valence-electron chi connectivity index (χ0n) is 11.8. The van der Waals surface area contributed by atoms with Crippen LogP contribution in [0, 0.1) is 20.8 Å². The molecule has 0 fully saturated rings. The van der Waals surface area contributed by atoms with Crippen LogP contribution in [0.2, 0.25) is 0 Å². The number of ketones is 1. The standard InChI is InChI=1S/C9H12.C4H8O.C2H6/c1-7-4-5-8(2)9(3)6-7;1-3-4(2)5;1-2/h4-6H,1-3H3;3H2,1-2H3;1-2H3. The maximum atomic E-state index is 9.81. The lowest BCUT2D eigenvalue weighted by molar-refractivity contribution is -0.116. The van der Waals surface area contributed by atoms with Crippen molar-refractivity contribution < 1.29 is 4.79 Å². The van der Waals surface area contributed by atoms with E-state index in [0.29, 0.717) is 6.42 Å². The number of hydrogen-bond acceptors (Lipinski definition) is 1. The second-order valence-electron chi connectivity index (χ2n) is 3.64. The van der Waals surface area contributed by atoms with Gasteiger partial charge in [0, 0.05) is 6.42 Å². The summed E-state index contributed by atoms with van der Waals surface area (Å²) in [6.07, 6.45) is 0.667. The average Bonchev–Trinajstić information content (AvgIpc) is 2.27. The Kier molecular flexibility index (Phi) is 11.2. The molecule has 0 aliphatic heterocycles. The van der Waals surface area contributed by atoms with E-state index in [-0.39, 0.29) is 5.78 Å². The first-order valence-electron chi connectivity index (χ1n) is 6.00. The molecule has 92 valence electrons. The molecule has 0 aromatic heterocycles. The molecule has 0 atom stereocenters. The van der Waals surface area contributed by atoms with E-state index >= 15 is 0 Å². The van der Waals surface area contributed by atoms with Gasteiger partial charge in [-0.25, -0.2) is 0 Å². The Bertz CT molecular complexity index is 300. The molecular weight excluding hydrogens is 196 g/mol. The molecule has 0 amide bonds. The Morgan fingerprint density at radius 1 is 1.06 bits per heavy atom. The third-order valence-corrected chi connectivity index (χ3v) is 2.16. The molecule has 0 aliphatic rings. The number of aryl methyl sites for hydroxylation is 3. The number of benzene rings is 1. The van der Waals surface area contributed by atoms with Crippen molar-refractivity contribution in [3.8, 4) is 0 Å². The van der Waals surface area contributed by atoms with Crippen LogP contribution in [0.25, 0.3) is 0 Å². The van der Waals surface area contributed by atoms with Crippen LogP contribution in [0.15, 0.2) is 18.2 Å². The smallest absolute Gasteiger partial charge is 0.129 e. The van der Waals surface area contributed by atoms with Gasteiger partial charge in [-0.15, -0.1) is 0 Å². The largest absolute Gasteiger partial charge is 0.300 e. The predicted molar refractivity (Wildman–Crippen MR) is 73.0 cm³/mol. The molecule has 0 heterocycles. The predicted octanol–water partition coefficient (Wildman–Crippen LogP) is 4.62. The first-order chi connectivity index (χ1) is 7.47. The number of carbonyl (C=O) groups is 1. The van der Waals surface area contributed by atoms with E-state index in [1.54, 1.807) is 6.92 Å². The molecule has 0 N–H and O–H groups in total. The van der Waals surface area contributed by atoms with Gasteiger partial charge in [-0.2, -0.15) is 0 Å². The summed E-state index contributed by atoms with van der Waals surface area (Å²) in [5.74, 6) is 0.255. The number of Topliss-reactive ketones (excluding diaryl/α,β-unsaturated/α-hetero) is 1. The highest BCUT2D eigenvalue weighted by Crippen LogP contribution is 2.07. The Labute approximate surface area is 101 Å². The summed E-state index contributed by atoms with van der Waals surface area (Å²) in [6.45, 7) is 13.8. The minimum atomic E-state index is 0.255. The first-order valence-corrected chi connectivity index (χ1v) is 6.00. The maximum absolute atomic E-state index is 9.81. The van der Waals surface area contributed by atoms with Gasteiger partial charge in [0.1, 0.15) is 5.78 Å². The zero-order valence-corrected chi connectivity index (χ0v) is 11.8. The molecule has 1 aromatic carbocycles. The molecule has 0 aliphatic carbocycles. The molecule has 16 heavy (non-hydrogen) atoms. The van der Waals surface area contributed by atoms with Crippen molar-refractivity contribution in [2.24, 2.45) is 0 Å². The van der Waals surface area contributed by atoms with Gasteiger partial charge in [-0.05, 0) is 38.8 Å². The summed E-state index contributed by atoms with van der Waals surface area (Å²) in [5, 5.41) is 0. The molecule has 1 aromatic rings. The minimum Gasteiger partial charge on any atom is -0.300 e. The second-order valence-corrected chi connectivity index (χ2v) is 3.64. The highest BCUT2D eigenvalue weighted by Gasteiger charge is 1.89. The van der Waals surface area contributed by atoms with Crippen molar-refractivity contribution in [2.75, 3.05) is 0 Å². The van der Waals surface area contributed by atoms with Crippen LogP contribution in [0.5, 0.6) is 0 Å². The molecule has 1 nitrogen and oxygen atoms in total. The molecule has 1 heteroatoms. The lowest BCUT2D eigenvalue weighted by Crippen LogP contribution is -1.80. The van der Waals surface area contributed by atoms with Crippen molar-refractivity contribution in [3.05, 3.63) is 34.9 Å². The summed E-state index contributed by atoms with van der Waals surface area (Å²) < 4.78 is 0. The monoisotopic (exact) mass is 222 g/mol. The minimum absolute atomic E-state index is 0.255. The van der Waals surface area contributed by atoms with Crippen LogP contribution in [0.1, 0.15) is 50.8 Å². The van der Waals surface area contributed by atoms with E-state index in [1.807, 2.05) is 20.8 Å². The van der Waals surface area contributed by atoms with Gasteiger partial charge in [0.15, 0.2) is 0 Å². The van der Waals surface area contributed by atoms with Crippen LogP contribution in [0.4, 0.5) is 0 Å². The van der Waals surface area contributed by atoms with Crippen molar-refractivity contribution in [1.29, 1.82) is 0 Å². The molecule has 0 saturated carbocycles. The molecule has 1 rings (SSSR count). The summed E-state index contributed by atoms with van der Waals surface area (Å²) in [4.78, 5) is 9.81. The lowest BCUT2D eigenvalue weighted by atomic mass is 10.1. The van der Waals surface area contributed by atoms with Crippen LogP contribution < -0.4 is 0 Å². The van der Waals surface area contributed by atoms with Gasteiger partial charge in [0.2, 0.25) is 0 Å². The van der Waals surface area contributed by atoms with Crippen molar-refractivity contribution in [2.45, 2.75) is 54.9 Å². The van der Waals surface area contributed by atoms with Gasteiger partial charge >= 0.3 is 0 Å². The molecular formula is C15H26O. The summed E-state index contributed by atoms with van der Waals surface area (Å²) in [6, 6.07) is 6.50. The second kappa shape index (κ2) is 10.4. The fourth-order valence-electron chi connectivity index (χ4n) is 0.891. The van der Waals surface area contributed by atoms with E-state index in [4.69, 9.17) is 0 Å². The quantitative estimate of drug-likeness (QED) is 0.677. The lowest BCUT2D eigenvalue weighted by Gasteiger charge is -1.98. The third-order valence-electron chi connectivity index (χ3n) is 2.16. The van der Waals surface area contributed by atoms with Gasteiger partial charge in [0.25, 0.3) is 0 Å². The molecule has 0 saturated heterocycles. The van der Waals surface area contributed by atoms with E-state index in [9.17, 15) is 4.79 Å². The highest BCUT2D eigenvalue weighted by atomic mass is 16.1. The molecule has 0 spiro atoms. The van der Waals surface area contributed by atoms with Gasteiger partial charge in [-0.3, -0.25) is 0 Å². The van der Waals surface area contributed by atoms with Crippen molar-refractivity contribution >= 4 is 5.78 Å². The van der Waals surface area contributed by atoms with E-state index < -0.39 is 0 Å². The summed E-state index contributed by atoms with van der Waals surface area (Å²) in [7, 11) is 0. The van der Waals surface area contributed by atoms with Gasteiger partial charge < -0.3 is 4.79 Å². The van der Waals surface area contributed by atoms with Crippen LogP contribution in [0.3, 0.4) is 0 Å². The van der Waals surface area contributed by atoms with Crippen LogP contribution in [-0.4, -0.2) is 5.78 Å². The zero-order chi connectivity index (χ0) is 13.1. The summed E-state index contributed by atoms with van der Waals surface area (Å²) in [5.41, 5.74) is 4.11. The Morgan fingerprint density at radius 2 is 1.50 bits per heavy atom. The number of hydrogen-bond donors (Lipinski definition) is 0. The van der Waals surface area contributed by atoms with E-state index in [1.165, 1.54) is 16.7 Å². The van der Waals surface area contributed by atoms with Gasteiger partial charge in [0.05, 0.1) is 0 Å². The Balaban J connectivity index is 0. The van der Waals surface area contributed by atoms with E-state index in [0.717, 1.165) is 0 Å². The SMILES string of the molecule is CC.CCC(C)=O.Cc1ccc(C)c(C)c1. The molecule has 0 radical (unpaired) electrons. The topological polar surface area (TPSA) is 17.1 Å². The third kappa shape index (κ3) is 9.45. The Morgan fingerprint density at radius 3 is 1.75 bits per heavy atom. The molecule has 0 unspecified atom stereocenters. The fraction of sp³-hybridized carbons (Fsp3) is 0.533. The van der Waals surface area contributed by atoms with E-state index in [2.05, 4.69) is 39.0 Å². The number of rotatable bonds is 1. The first kappa shape index (κ1) is 17.3. The summed E-state index contributed by atoms with van der Waals surface area (Å²) >= 11 is 0. The number of carbonyl (C=O) groups excluding carboxylic acids is 1. The highest BCUT2D eigenvalue weighted by molar-refractivity contribution is 5.74. The van der Waals surface area contributed by atoms with Crippen molar-refractivity contribution in [3.63, 3.8) is 0 Å². The van der Waals surface area contributed by atoms with Crippen molar-refractivity contribution in [1.82, 2.24) is 0 Å². The van der Waals surface area contributed by atoms with Gasteiger partial charge in [-0.1, -0.05) is 44.5 Å².